The average Bonchev–Trinajstić information content (AvgIpc) is 3.50. The van der Waals surface area contributed by atoms with Gasteiger partial charge < -0.3 is 19.7 Å². The van der Waals surface area contributed by atoms with Crippen LogP contribution in [0, 0.1) is 0 Å². The maximum Gasteiger partial charge on any atom is 0.417 e. The van der Waals surface area contributed by atoms with Gasteiger partial charge in [0, 0.05) is 25.5 Å². The van der Waals surface area contributed by atoms with Crippen LogP contribution >= 0.6 is 15.9 Å². The summed E-state index contributed by atoms with van der Waals surface area (Å²) in [7, 11) is 0. The highest BCUT2D eigenvalue weighted by Crippen LogP contribution is 2.39. The highest BCUT2D eigenvalue weighted by atomic mass is 79.9. The molecular weight excluding hydrogens is 476 g/mol. The number of nitrogens with one attached hydrogen (secondary N) is 2. The third-order valence-electron chi connectivity index (χ3n) is 5.35. The number of ether oxygens (including phenoxy) is 1. The number of H-pyrrole nitrogens is 1. The number of rotatable bonds is 5. The van der Waals surface area contributed by atoms with Crippen LogP contribution in [0.2, 0.25) is 0 Å². The predicted octanol–water partition coefficient (Wildman–Crippen LogP) is 3.75. The molecule has 0 unspecified atom stereocenters. The molecule has 10 heteroatoms. The van der Waals surface area contributed by atoms with Crippen molar-refractivity contribution in [3.05, 3.63) is 65.2 Å². The molecule has 0 radical (unpaired) electrons. The third kappa shape index (κ3) is 4.19. The fraction of sp³-hybridized carbons (Fsp3) is 0.227. The Morgan fingerprint density at radius 1 is 1.31 bits per heavy atom. The van der Waals surface area contributed by atoms with E-state index in [-0.39, 0.29) is 6.10 Å². The number of fused-ring (bicyclic) bond motifs is 1. The quantitative estimate of drug-likeness (QED) is 0.388. The number of nitrogens with zero attached hydrogens (tertiary/aromatic N) is 4. The van der Waals surface area contributed by atoms with E-state index in [0.717, 1.165) is 21.1 Å². The number of halogens is 1. The minimum absolute atomic E-state index is 0.348. The third-order valence-corrected chi connectivity index (χ3v) is 5.93. The molecular formula is C22H21BrN6O3. The predicted molar refractivity (Wildman–Crippen MR) is 124 cm³/mol. The van der Waals surface area contributed by atoms with Crippen LogP contribution in [0.4, 0.5) is 16.2 Å². The number of anilines is 2. The summed E-state index contributed by atoms with van der Waals surface area (Å²) in [5.74, 6) is 0.348. The number of carbonyl (C=O) groups excluding carboxylic acids is 1. The summed E-state index contributed by atoms with van der Waals surface area (Å²) in [5.41, 5.74) is 3.16. The average molecular weight is 497 g/mol. The Balaban J connectivity index is 1.33. The van der Waals surface area contributed by atoms with Gasteiger partial charge in [0.15, 0.2) is 5.75 Å². The van der Waals surface area contributed by atoms with Crippen molar-refractivity contribution in [3.8, 4) is 5.75 Å². The summed E-state index contributed by atoms with van der Waals surface area (Å²) in [4.78, 5) is 22.1. The number of aliphatic hydroxyl groups excluding tert-OH is 1. The standard InChI is InChI=1S/C22H21BrN6O3/c23-17-9-24-21-19(20(17)28-7-6-15(30)12-28)18(10-25-21)27-22(31)32-16-8-26-29(13-16)11-14-4-2-1-3-5-14/h1-5,8-10,13,15,30H,6-7,11-12H2,(H,24,25)(H,27,31)/t15-/m1/s1. The molecule has 164 valence electrons. The number of carbonyl (C=O) groups is 1. The zero-order valence-electron chi connectivity index (χ0n) is 17.0. The van der Waals surface area contributed by atoms with Crippen molar-refractivity contribution >= 4 is 44.4 Å². The van der Waals surface area contributed by atoms with E-state index in [0.29, 0.717) is 43.1 Å². The van der Waals surface area contributed by atoms with Gasteiger partial charge in [0.2, 0.25) is 0 Å². The zero-order chi connectivity index (χ0) is 22.1. The number of β-amino-alcohol motifs (C(OH)–C–C–N with tert-alkyl or cyclic N) is 1. The van der Waals surface area contributed by atoms with Gasteiger partial charge in [0.1, 0.15) is 5.65 Å². The highest BCUT2D eigenvalue weighted by Gasteiger charge is 2.26. The molecule has 1 atom stereocenters. The van der Waals surface area contributed by atoms with Gasteiger partial charge in [-0.25, -0.2) is 9.78 Å². The van der Waals surface area contributed by atoms with Gasteiger partial charge in [0.05, 0.1) is 46.3 Å². The van der Waals surface area contributed by atoms with E-state index in [1.807, 2.05) is 30.3 Å². The fourth-order valence-corrected chi connectivity index (χ4v) is 4.46. The summed E-state index contributed by atoms with van der Waals surface area (Å²) in [6, 6.07) is 9.91. The van der Waals surface area contributed by atoms with Crippen molar-refractivity contribution in [2.24, 2.45) is 0 Å². The van der Waals surface area contributed by atoms with Crippen molar-refractivity contribution in [1.82, 2.24) is 19.7 Å². The summed E-state index contributed by atoms with van der Waals surface area (Å²) in [6.45, 7) is 1.82. The highest BCUT2D eigenvalue weighted by molar-refractivity contribution is 9.10. The topological polar surface area (TPSA) is 108 Å². The number of hydrogen-bond acceptors (Lipinski definition) is 6. The minimum atomic E-state index is -0.627. The number of amides is 1. The number of aliphatic hydroxyl groups is 1. The van der Waals surface area contributed by atoms with Crippen LogP contribution in [-0.2, 0) is 6.54 Å². The Hall–Kier alpha value is -3.37. The lowest BCUT2D eigenvalue weighted by atomic mass is 10.2. The summed E-state index contributed by atoms with van der Waals surface area (Å²) in [5, 5.41) is 17.8. The van der Waals surface area contributed by atoms with Crippen LogP contribution in [-0.4, -0.2) is 50.1 Å². The van der Waals surface area contributed by atoms with Crippen molar-refractivity contribution in [2.45, 2.75) is 19.1 Å². The largest absolute Gasteiger partial charge is 0.417 e. The fourth-order valence-electron chi connectivity index (χ4n) is 3.91. The van der Waals surface area contributed by atoms with Gasteiger partial charge in [-0.15, -0.1) is 0 Å². The van der Waals surface area contributed by atoms with Crippen LogP contribution in [0.5, 0.6) is 5.75 Å². The molecule has 1 fully saturated rings. The molecule has 1 aliphatic heterocycles. The second-order valence-corrected chi connectivity index (χ2v) is 8.50. The number of aromatic nitrogens is 4. The van der Waals surface area contributed by atoms with E-state index in [1.165, 1.54) is 6.20 Å². The minimum Gasteiger partial charge on any atom is -0.407 e. The Morgan fingerprint density at radius 3 is 2.94 bits per heavy atom. The Bertz CT molecular complexity index is 1260. The van der Waals surface area contributed by atoms with Gasteiger partial charge in [-0.2, -0.15) is 5.10 Å². The van der Waals surface area contributed by atoms with Crippen molar-refractivity contribution in [1.29, 1.82) is 0 Å². The molecule has 5 rings (SSSR count). The monoisotopic (exact) mass is 496 g/mol. The van der Waals surface area contributed by atoms with E-state index < -0.39 is 6.09 Å². The second kappa shape index (κ2) is 8.64. The summed E-state index contributed by atoms with van der Waals surface area (Å²) in [6.07, 6.45) is 6.26. The first-order valence-electron chi connectivity index (χ1n) is 10.2. The lowest BCUT2D eigenvalue weighted by molar-refractivity contribution is 0.198. The molecule has 32 heavy (non-hydrogen) atoms. The zero-order valence-corrected chi connectivity index (χ0v) is 18.6. The van der Waals surface area contributed by atoms with Crippen molar-refractivity contribution in [3.63, 3.8) is 0 Å². The molecule has 1 saturated heterocycles. The van der Waals surface area contributed by atoms with Crippen LogP contribution in [0.25, 0.3) is 11.0 Å². The Labute approximate surface area is 192 Å². The molecule has 1 amide bonds. The summed E-state index contributed by atoms with van der Waals surface area (Å²) < 4.78 is 7.93. The molecule has 4 heterocycles. The number of aromatic amines is 1. The molecule has 3 N–H and O–H groups in total. The lowest BCUT2D eigenvalue weighted by Gasteiger charge is -2.21. The van der Waals surface area contributed by atoms with E-state index in [1.54, 1.807) is 23.3 Å². The molecule has 0 saturated carbocycles. The molecule has 0 bridgehead atoms. The Kier molecular flexibility index (Phi) is 5.54. The molecule has 1 aliphatic rings. The maximum absolute atomic E-state index is 12.6. The van der Waals surface area contributed by atoms with E-state index >= 15 is 0 Å². The maximum atomic E-state index is 12.6. The smallest absolute Gasteiger partial charge is 0.407 e. The lowest BCUT2D eigenvalue weighted by Crippen LogP contribution is -2.22. The number of pyridine rings is 1. The van der Waals surface area contributed by atoms with Crippen LogP contribution < -0.4 is 15.0 Å². The van der Waals surface area contributed by atoms with E-state index in [2.05, 4.69) is 41.2 Å². The van der Waals surface area contributed by atoms with E-state index in [4.69, 9.17) is 4.74 Å². The molecule has 1 aromatic carbocycles. The number of hydrogen-bond donors (Lipinski definition) is 3. The first-order valence-corrected chi connectivity index (χ1v) is 11.0. The molecule has 9 nitrogen and oxygen atoms in total. The van der Waals surface area contributed by atoms with Crippen LogP contribution in [0.15, 0.2) is 59.6 Å². The van der Waals surface area contributed by atoms with Crippen LogP contribution in [0.1, 0.15) is 12.0 Å². The van der Waals surface area contributed by atoms with Gasteiger partial charge in [-0.05, 0) is 27.9 Å². The molecule has 3 aromatic heterocycles. The normalized spacial score (nSPS) is 15.9. The first-order chi connectivity index (χ1) is 15.6. The molecule has 0 spiro atoms. The van der Waals surface area contributed by atoms with Gasteiger partial charge in [-0.1, -0.05) is 30.3 Å². The van der Waals surface area contributed by atoms with Crippen LogP contribution in [0.3, 0.4) is 0 Å². The van der Waals surface area contributed by atoms with E-state index in [9.17, 15) is 9.90 Å². The second-order valence-electron chi connectivity index (χ2n) is 7.64. The van der Waals surface area contributed by atoms with Crippen molar-refractivity contribution < 1.29 is 14.6 Å². The number of benzene rings is 1. The van der Waals surface area contributed by atoms with Gasteiger partial charge in [0.25, 0.3) is 0 Å². The molecule has 0 aliphatic carbocycles. The first kappa shape index (κ1) is 20.5. The summed E-state index contributed by atoms with van der Waals surface area (Å²) >= 11 is 3.56. The molecule has 4 aromatic rings. The Morgan fingerprint density at radius 2 is 2.16 bits per heavy atom. The van der Waals surface area contributed by atoms with Crippen molar-refractivity contribution in [2.75, 3.05) is 23.3 Å². The van der Waals surface area contributed by atoms with Gasteiger partial charge in [-0.3, -0.25) is 10.00 Å². The SMILES string of the molecule is O=C(Nc1c[nH]c2ncc(Br)c(N3CC[C@@H](O)C3)c12)Oc1cnn(Cc2ccccc2)c1. The van der Waals surface area contributed by atoms with Gasteiger partial charge >= 0.3 is 6.09 Å².